The third-order valence-electron chi connectivity index (χ3n) is 2.29. The predicted octanol–water partition coefficient (Wildman–Crippen LogP) is 0.190. The largest absolute Gasteiger partial charge is 0.481 e. The van der Waals surface area contributed by atoms with Gasteiger partial charge in [0.15, 0.2) is 0 Å². The highest BCUT2D eigenvalue weighted by atomic mass is 16.5. The minimum atomic E-state index is 0.0261. The Morgan fingerprint density at radius 3 is 2.38 bits per heavy atom. The molecule has 1 heterocycles. The number of methoxy groups -OCH3 is 1. The van der Waals surface area contributed by atoms with E-state index in [0.29, 0.717) is 19.0 Å². The van der Waals surface area contributed by atoms with Gasteiger partial charge in [-0.15, -0.1) is 0 Å². The van der Waals surface area contributed by atoms with Gasteiger partial charge in [0.2, 0.25) is 5.88 Å². The van der Waals surface area contributed by atoms with Crippen molar-refractivity contribution in [3.8, 4) is 5.88 Å². The first-order valence-electron chi connectivity index (χ1n) is 5.21. The zero-order chi connectivity index (χ0) is 12.0. The van der Waals surface area contributed by atoms with Crippen molar-refractivity contribution in [1.82, 2.24) is 4.98 Å². The lowest BCUT2D eigenvalue weighted by atomic mass is 10.2. The SMILES string of the molecule is COc1ccc(C)c(N(CCO)CCO)n1. The van der Waals surface area contributed by atoms with Crippen LogP contribution >= 0.6 is 0 Å². The monoisotopic (exact) mass is 226 g/mol. The van der Waals surface area contributed by atoms with E-state index in [4.69, 9.17) is 14.9 Å². The van der Waals surface area contributed by atoms with Gasteiger partial charge >= 0.3 is 0 Å². The van der Waals surface area contributed by atoms with Gasteiger partial charge in [0.25, 0.3) is 0 Å². The Kier molecular flexibility index (Phi) is 5.01. The molecular formula is C11H18N2O3. The molecule has 0 saturated carbocycles. The molecule has 0 aliphatic rings. The summed E-state index contributed by atoms with van der Waals surface area (Å²) in [6.45, 7) is 2.88. The van der Waals surface area contributed by atoms with Gasteiger partial charge in [-0.3, -0.25) is 0 Å². The van der Waals surface area contributed by atoms with Crippen LogP contribution in [0.1, 0.15) is 5.56 Å². The second-order valence-corrected chi connectivity index (χ2v) is 3.43. The quantitative estimate of drug-likeness (QED) is 0.725. The van der Waals surface area contributed by atoms with Crippen molar-refractivity contribution in [2.75, 3.05) is 38.3 Å². The van der Waals surface area contributed by atoms with Crippen LogP contribution in [-0.4, -0.2) is 48.6 Å². The maximum Gasteiger partial charge on any atom is 0.214 e. The number of aromatic nitrogens is 1. The van der Waals surface area contributed by atoms with Gasteiger partial charge in [-0.2, -0.15) is 4.98 Å². The summed E-state index contributed by atoms with van der Waals surface area (Å²) in [5, 5.41) is 17.9. The van der Waals surface area contributed by atoms with Crippen LogP contribution in [0, 0.1) is 6.92 Å². The van der Waals surface area contributed by atoms with Gasteiger partial charge in [0.05, 0.1) is 20.3 Å². The molecule has 0 aliphatic heterocycles. The summed E-state index contributed by atoms with van der Waals surface area (Å²) in [5.41, 5.74) is 0.989. The molecule has 5 heteroatoms. The molecule has 90 valence electrons. The van der Waals surface area contributed by atoms with Crippen molar-refractivity contribution >= 4 is 5.82 Å². The van der Waals surface area contributed by atoms with E-state index in [0.717, 1.165) is 11.4 Å². The Bertz CT molecular complexity index is 325. The molecule has 0 aromatic carbocycles. The number of nitrogens with zero attached hydrogens (tertiary/aromatic N) is 2. The number of anilines is 1. The first-order chi connectivity index (χ1) is 7.72. The van der Waals surface area contributed by atoms with E-state index in [9.17, 15) is 0 Å². The van der Waals surface area contributed by atoms with E-state index in [2.05, 4.69) is 4.98 Å². The number of ether oxygens (including phenoxy) is 1. The third kappa shape index (κ3) is 3.08. The van der Waals surface area contributed by atoms with Crippen LogP contribution in [-0.2, 0) is 0 Å². The number of rotatable bonds is 6. The van der Waals surface area contributed by atoms with Crippen LogP contribution in [0.3, 0.4) is 0 Å². The Morgan fingerprint density at radius 2 is 1.88 bits per heavy atom. The first kappa shape index (κ1) is 12.7. The lowest BCUT2D eigenvalue weighted by Crippen LogP contribution is -2.31. The maximum absolute atomic E-state index is 8.96. The molecule has 0 aliphatic carbocycles. The van der Waals surface area contributed by atoms with Crippen LogP contribution in [0.2, 0.25) is 0 Å². The Balaban J connectivity index is 2.96. The maximum atomic E-state index is 8.96. The predicted molar refractivity (Wildman–Crippen MR) is 61.9 cm³/mol. The summed E-state index contributed by atoms with van der Waals surface area (Å²) >= 11 is 0. The summed E-state index contributed by atoms with van der Waals surface area (Å²) in [6.07, 6.45) is 0. The van der Waals surface area contributed by atoms with Crippen LogP contribution < -0.4 is 9.64 Å². The summed E-state index contributed by atoms with van der Waals surface area (Å²) in [6, 6.07) is 3.69. The highest BCUT2D eigenvalue weighted by Gasteiger charge is 2.11. The first-order valence-corrected chi connectivity index (χ1v) is 5.21. The minimum Gasteiger partial charge on any atom is -0.481 e. The molecule has 0 unspecified atom stereocenters. The summed E-state index contributed by atoms with van der Waals surface area (Å²) in [7, 11) is 1.56. The molecular weight excluding hydrogens is 208 g/mol. The summed E-state index contributed by atoms with van der Waals surface area (Å²) in [4.78, 5) is 6.14. The number of hydrogen-bond acceptors (Lipinski definition) is 5. The van der Waals surface area contributed by atoms with Gasteiger partial charge in [-0.25, -0.2) is 0 Å². The standard InChI is InChI=1S/C11H18N2O3/c1-9-3-4-10(16-2)12-11(9)13(5-7-14)6-8-15/h3-4,14-15H,5-8H2,1-2H3. The molecule has 1 rings (SSSR count). The van der Waals surface area contributed by atoms with Crippen LogP contribution in [0.25, 0.3) is 0 Å². The fraction of sp³-hybridized carbons (Fsp3) is 0.545. The molecule has 1 aromatic heterocycles. The van der Waals surface area contributed by atoms with Gasteiger partial charge in [0.1, 0.15) is 5.82 Å². The minimum absolute atomic E-state index is 0.0261. The highest BCUT2D eigenvalue weighted by molar-refractivity contribution is 5.48. The van der Waals surface area contributed by atoms with Crippen molar-refractivity contribution in [3.63, 3.8) is 0 Å². The fourth-order valence-corrected chi connectivity index (χ4v) is 1.50. The average Bonchev–Trinajstić information content (AvgIpc) is 2.29. The molecule has 0 radical (unpaired) electrons. The van der Waals surface area contributed by atoms with Crippen molar-refractivity contribution in [2.24, 2.45) is 0 Å². The topological polar surface area (TPSA) is 65.8 Å². The van der Waals surface area contributed by atoms with E-state index >= 15 is 0 Å². The molecule has 2 N–H and O–H groups in total. The van der Waals surface area contributed by atoms with Gasteiger partial charge in [-0.1, -0.05) is 6.07 Å². The van der Waals surface area contributed by atoms with Crippen molar-refractivity contribution in [2.45, 2.75) is 6.92 Å². The van der Waals surface area contributed by atoms with E-state index in [-0.39, 0.29) is 13.2 Å². The Morgan fingerprint density at radius 1 is 1.25 bits per heavy atom. The Hall–Kier alpha value is -1.33. The van der Waals surface area contributed by atoms with Crippen molar-refractivity contribution < 1.29 is 14.9 Å². The third-order valence-corrected chi connectivity index (χ3v) is 2.29. The van der Waals surface area contributed by atoms with E-state index in [1.165, 1.54) is 0 Å². The Labute approximate surface area is 95.3 Å². The average molecular weight is 226 g/mol. The number of hydrogen-bond donors (Lipinski definition) is 2. The van der Waals surface area contributed by atoms with Crippen LogP contribution in [0.15, 0.2) is 12.1 Å². The molecule has 16 heavy (non-hydrogen) atoms. The second-order valence-electron chi connectivity index (χ2n) is 3.43. The molecule has 0 amide bonds. The van der Waals surface area contributed by atoms with Crippen LogP contribution in [0.5, 0.6) is 5.88 Å². The van der Waals surface area contributed by atoms with E-state index < -0.39 is 0 Å². The number of pyridine rings is 1. The fourth-order valence-electron chi connectivity index (χ4n) is 1.50. The van der Waals surface area contributed by atoms with Gasteiger partial charge < -0.3 is 19.8 Å². The lowest BCUT2D eigenvalue weighted by Gasteiger charge is -2.23. The van der Waals surface area contributed by atoms with E-state index in [1.54, 1.807) is 13.2 Å². The normalized spacial score (nSPS) is 10.2. The van der Waals surface area contributed by atoms with Crippen molar-refractivity contribution in [1.29, 1.82) is 0 Å². The van der Waals surface area contributed by atoms with Crippen molar-refractivity contribution in [3.05, 3.63) is 17.7 Å². The molecule has 0 atom stereocenters. The van der Waals surface area contributed by atoms with E-state index in [1.807, 2.05) is 17.9 Å². The van der Waals surface area contributed by atoms with Gasteiger partial charge in [-0.05, 0) is 12.5 Å². The molecule has 1 aromatic rings. The lowest BCUT2D eigenvalue weighted by molar-refractivity contribution is 0.280. The number of aryl methyl sites for hydroxylation is 1. The molecule has 5 nitrogen and oxygen atoms in total. The second kappa shape index (κ2) is 6.30. The molecule has 0 saturated heterocycles. The zero-order valence-corrected chi connectivity index (χ0v) is 9.68. The zero-order valence-electron chi connectivity index (χ0n) is 9.68. The summed E-state index contributed by atoms with van der Waals surface area (Å²) in [5.74, 6) is 1.27. The molecule has 0 fully saturated rings. The molecule has 0 bridgehead atoms. The number of aliphatic hydroxyl groups excluding tert-OH is 2. The van der Waals surface area contributed by atoms with Gasteiger partial charge in [0, 0.05) is 19.2 Å². The smallest absolute Gasteiger partial charge is 0.214 e. The highest BCUT2D eigenvalue weighted by Crippen LogP contribution is 2.20. The summed E-state index contributed by atoms with van der Waals surface area (Å²) < 4.78 is 5.05. The van der Waals surface area contributed by atoms with Crippen LogP contribution in [0.4, 0.5) is 5.82 Å². The molecule has 0 spiro atoms. The number of aliphatic hydroxyl groups is 2.